The number of methoxy groups -OCH3 is 1. The summed E-state index contributed by atoms with van der Waals surface area (Å²) < 4.78 is 49.5. The summed E-state index contributed by atoms with van der Waals surface area (Å²) in [6.45, 7) is 4.59. The van der Waals surface area contributed by atoms with Crippen molar-refractivity contribution in [3.63, 3.8) is 0 Å². The molecule has 2 rings (SSSR count). The SMILES string of the molecule is COCC(C)NC(=S)Nc1cc(C(F)(F)F)ccc1N1CCOCC1. The van der Waals surface area contributed by atoms with E-state index in [1.165, 1.54) is 6.07 Å². The summed E-state index contributed by atoms with van der Waals surface area (Å²) >= 11 is 5.22. The Morgan fingerprint density at radius 3 is 2.64 bits per heavy atom. The van der Waals surface area contributed by atoms with Crippen LogP contribution in [0.3, 0.4) is 0 Å². The Hall–Kier alpha value is -1.58. The Kier molecular flexibility index (Phi) is 6.86. The summed E-state index contributed by atoms with van der Waals surface area (Å²) in [7, 11) is 1.57. The lowest BCUT2D eigenvalue weighted by molar-refractivity contribution is -0.137. The molecule has 140 valence electrons. The molecule has 1 aliphatic heterocycles. The summed E-state index contributed by atoms with van der Waals surface area (Å²) in [5, 5.41) is 6.13. The van der Waals surface area contributed by atoms with E-state index in [9.17, 15) is 13.2 Å². The number of rotatable bonds is 5. The van der Waals surface area contributed by atoms with Crippen LogP contribution in [0, 0.1) is 0 Å². The molecule has 1 atom stereocenters. The first kappa shape index (κ1) is 19.7. The van der Waals surface area contributed by atoms with E-state index in [4.69, 9.17) is 21.7 Å². The molecule has 1 unspecified atom stereocenters. The van der Waals surface area contributed by atoms with Crippen molar-refractivity contribution in [2.75, 3.05) is 50.2 Å². The molecule has 1 heterocycles. The van der Waals surface area contributed by atoms with Crippen LogP contribution in [0.5, 0.6) is 0 Å². The molecule has 1 saturated heterocycles. The van der Waals surface area contributed by atoms with Gasteiger partial charge in [-0.2, -0.15) is 13.2 Å². The third-order valence-corrected chi connectivity index (χ3v) is 3.94. The van der Waals surface area contributed by atoms with Crippen LogP contribution in [0.1, 0.15) is 12.5 Å². The molecule has 1 aromatic carbocycles. The van der Waals surface area contributed by atoms with Crippen molar-refractivity contribution in [1.29, 1.82) is 0 Å². The molecule has 0 aliphatic carbocycles. The predicted octanol–water partition coefficient (Wildman–Crippen LogP) is 2.86. The number of anilines is 2. The normalized spacial score (nSPS) is 16.4. The molecule has 0 radical (unpaired) electrons. The Morgan fingerprint density at radius 1 is 1.36 bits per heavy atom. The summed E-state index contributed by atoms with van der Waals surface area (Å²) in [5.74, 6) is 0. The van der Waals surface area contributed by atoms with Crippen molar-refractivity contribution in [3.8, 4) is 0 Å². The maximum absolute atomic E-state index is 13.1. The van der Waals surface area contributed by atoms with Gasteiger partial charge in [-0.15, -0.1) is 0 Å². The zero-order valence-corrected chi connectivity index (χ0v) is 15.0. The van der Waals surface area contributed by atoms with Crippen molar-refractivity contribution in [3.05, 3.63) is 23.8 Å². The van der Waals surface area contributed by atoms with Gasteiger partial charge in [0.25, 0.3) is 0 Å². The minimum absolute atomic E-state index is 0.0670. The highest BCUT2D eigenvalue weighted by Gasteiger charge is 2.31. The molecule has 0 saturated carbocycles. The zero-order valence-electron chi connectivity index (χ0n) is 14.2. The van der Waals surface area contributed by atoms with Crippen LogP contribution in [0.15, 0.2) is 18.2 Å². The van der Waals surface area contributed by atoms with Gasteiger partial charge in [-0.25, -0.2) is 0 Å². The third-order valence-electron chi connectivity index (χ3n) is 3.72. The van der Waals surface area contributed by atoms with E-state index in [0.29, 0.717) is 44.3 Å². The Balaban J connectivity index is 2.23. The second kappa shape index (κ2) is 8.68. The molecule has 9 heteroatoms. The van der Waals surface area contributed by atoms with E-state index < -0.39 is 11.7 Å². The van der Waals surface area contributed by atoms with Gasteiger partial charge in [-0.1, -0.05) is 0 Å². The largest absolute Gasteiger partial charge is 0.416 e. The van der Waals surface area contributed by atoms with Crippen LogP contribution in [0.2, 0.25) is 0 Å². The minimum Gasteiger partial charge on any atom is -0.383 e. The van der Waals surface area contributed by atoms with Crippen LogP contribution >= 0.6 is 12.2 Å². The Morgan fingerprint density at radius 2 is 2.04 bits per heavy atom. The van der Waals surface area contributed by atoms with Gasteiger partial charge in [-0.05, 0) is 37.3 Å². The number of halogens is 3. The number of thiocarbonyl (C=S) groups is 1. The van der Waals surface area contributed by atoms with Crippen LogP contribution in [-0.4, -0.2) is 51.2 Å². The summed E-state index contributed by atoms with van der Waals surface area (Å²) in [6.07, 6.45) is -4.42. The summed E-state index contributed by atoms with van der Waals surface area (Å²) in [4.78, 5) is 1.98. The highest BCUT2D eigenvalue weighted by molar-refractivity contribution is 7.80. The minimum atomic E-state index is -4.42. The van der Waals surface area contributed by atoms with E-state index in [0.717, 1.165) is 12.1 Å². The van der Waals surface area contributed by atoms with Gasteiger partial charge in [0.2, 0.25) is 0 Å². The molecular formula is C16H22F3N3O2S. The van der Waals surface area contributed by atoms with Crippen LogP contribution in [0.25, 0.3) is 0 Å². The van der Waals surface area contributed by atoms with Crippen LogP contribution in [0.4, 0.5) is 24.5 Å². The van der Waals surface area contributed by atoms with Crippen molar-refractivity contribution in [2.24, 2.45) is 0 Å². The molecule has 25 heavy (non-hydrogen) atoms. The molecule has 1 aromatic rings. The quantitative estimate of drug-likeness (QED) is 0.770. The fourth-order valence-electron chi connectivity index (χ4n) is 2.57. The molecule has 0 spiro atoms. The van der Waals surface area contributed by atoms with Crippen molar-refractivity contribution < 1.29 is 22.6 Å². The van der Waals surface area contributed by atoms with Gasteiger partial charge in [-0.3, -0.25) is 0 Å². The standard InChI is InChI=1S/C16H22F3N3O2S/c1-11(10-23-2)20-15(25)21-13-9-12(16(17,18)19)3-4-14(13)22-5-7-24-8-6-22/h3-4,9,11H,5-8,10H2,1-2H3,(H2,20,21,25). The van der Waals surface area contributed by atoms with Gasteiger partial charge in [0.1, 0.15) is 0 Å². The van der Waals surface area contributed by atoms with Gasteiger partial charge in [0.15, 0.2) is 5.11 Å². The van der Waals surface area contributed by atoms with Gasteiger partial charge in [0, 0.05) is 26.2 Å². The van der Waals surface area contributed by atoms with Gasteiger partial charge in [0.05, 0.1) is 36.8 Å². The highest BCUT2D eigenvalue weighted by atomic mass is 32.1. The Bertz CT molecular complexity index is 592. The monoisotopic (exact) mass is 377 g/mol. The van der Waals surface area contributed by atoms with Crippen molar-refractivity contribution in [1.82, 2.24) is 5.32 Å². The second-order valence-electron chi connectivity index (χ2n) is 5.78. The highest BCUT2D eigenvalue weighted by Crippen LogP contribution is 2.35. The first-order valence-electron chi connectivity index (χ1n) is 7.91. The fourth-order valence-corrected chi connectivity index (χ4v) is 2.88. The maximum atomic E-state index is 13.1. The fraction of sp³-hybridized carbons (Fsp3) is 0.562. The molecule has 2 N–H and O–H groups in total. The lowest BCUT2D eigenvalue weighted by Crippen LogP contribution is -2.40. The van der Waals surface area contributed by atoms with Gasteiger partial charge >= 0.3 is 6.18 Å². The Labute approximate surface area is 150 Å². The van der Waals surface area contributed by atoms with Crippen molar-refractivity contribution in [2.45, 2.75) is 19.1 Å². The zero-order chi connectivity index (χ0) is 18.4. The van der Waals surface area contributed by atoms with Crippen LogP contribution < -0.4 is 15.5 Å². The number of benzene rings is 1. The predicted molar refractivity (Wildman–Crippen MR) is 95.2 cm³/mol. The van der Waals surface area contributed by atoms with E-state index in [1.54, 1.807) is 7.11 Å². The van der Waals surface area contributed by atoms with Crippen molar-refractivity contribution >= 4 is 28.7 Å². The number of nitrogens with zero attached hydrogens (tertiary/aromatic N) is 1. The number of hydrogen-bond acceptors (Lipinski definition) is 4. The number of ether oxygens (including phenoxy) is 2. The molecule has 5 nitrogen and oxygen atoms in total. The average Bonchev–Trinajstić information content (AvgIpc) is 2.54. The van der Waals surface area contributed by atoms with E-state index in [1.807, 2.05) is 11.8 Å². The molecular weight excluding hydrogens is 355 g/mol. The third kappa shape index (κ3) is 5.72. The molecule has 0 aromatic heterocycles. The second-order valence-corrected chi connectivity index (χ2v) is 6.19. The first-order chi connectivity index (χ1) is 11.8. The van der Waals surface area contributed by atoms with E-state index in [-0.39, 0.29) is 11.2 Å². The van der Waals surface area contributed by atoms with Gasteiger partial charge < -0.3 is 25.0 Å². The topological polar surface area (TPSA) is 45.8 Å². The van der Waals surface area contributed by atoms with E-state index >= 15 is 0 Å². The number of hydrogen-bond donors (Lipinski definition) is 2. The number of nitrogens with one attached hydrogen (secondary N) is 2. The summed E-state index contributed by atoms with van der Waals surface area (Å²) in [5.41, 5.74) is 0.262. The molecule has 1 fully saturated rings. The van der Waals surface area contributed by atoms with E-state index in [2.05, 4.69) is 10.6 Å². The van der Waals surface area contributed by atoms with Crippen LogP contribution in [-0.2, 0) is 15.7 Å². The lowest BCUT2D eigenvalue weighted by atomic mass is 10.1. The molecule has 1 aliphatic rings. The maximum Gasteiger partial charge on any atom is 0.416 e. The smallest absolute Gasteiger partial charge is 0.383 e. The average molecular weight is 377 g/mol. The molecule has 0 amide bonds. The first-order valence-corrected chi connectivity index (χ1v) is 8.32. The lowest BCUT2D eigenvalue weighted by Gasteiger charge is -2.31. The molecule has 0 bridgehead atoms. The number of alkyl halides is 3. The summed E-state index contributed by atoms with van der Waals surface area (Å²) in [6, 6.07) is 3.57. The number of morpholine rings is 1.